The van der Waals surface area contributed by atoms with Crippen molar-refractivity contribution < 1.29 is 9.18 Å². The molecule has 2 aliphatic heterocycles. The molecule has 2 aromatic rings. The number of aliphatic imine (C=N–C) groups is 1. The van der Waals surface area contributed by atoms with Gasteiger partial charge in [-0.05, 0) is 61.0 Å². The number of aromatic nitrogens is 1. The Kier molecular flexibility index (Phi) is 4.95. The minimum atomic E-state index is -0.470. The third-order valence-corrected chi connectivity index (χ3v) is 5.37. The van der Waals surface area contributed by atoms with E-state index < -0.39 is 5.91 Å². The molecule has 0 radical (unpaired) electrons. The molecule has 28 heavy (non-hydrogen) atoms. The molecule has 8 heteroatoms. The Hall–Kier alpha value is -3.00. The zero-order valence-corrected chi connectivity index (χ0v) is 16.0. The zero-order valence-electron chi connectivity index (χ0n) is 15.2. The number of thioether (sulfide) groups is 1. The van der Waals surface area contributed by atoms with Crippen LogP contribution in [0.3, 0.4) is 0 Å². The summed E-state index contributed by atoms with van der Waals surface area (Å²) in [5.41, 5.74) is 1.44. The van der Waals surface area contributed by atoms with Crippen LogP contribution < -0.4 is 0 Å². The van der Waals surface area contributed by atoms with E-state index in [0.717, 1.165) is 24.3 Å². The fourth-order valence-electron chi connectivity index (χ4n) is 2.98. The molecule has 0 bridgehead atoms. The van der Waals surface area contributed by atoms with Crippen LogP contribution in [0.2, 0.25) is 0 Å². The SMILES string of the molecule is CCCCC1=NN2C(=N)/C(=C\c3cccn3-c3cccc(F)c3)C(=O)N=C2S1. The Morgan fingerprint density at radius 3 is 2.93 bits per heavy atom. The van der Waals surface area contributed by atoms with E-state index >= 15 is 0 Å². The molecule has 0 unspecified atom stereocenters. The highest BCUT2D eigenvalue weighted by Gasteiger charge is 2.35. The van der Waals surface area contributed by atoms with E-state index in [1.165, 1.54) is 28.9 Å². The van der Waals surface area contributed by atoms with E-state index in [-0.39, 0.29) is 17.2 Å². The second-order valence-corrected chi connectivity index (χ2v) is 7.44. The third-order valence-electron chi connectivity index (χ3n) is 4.40. The topological polar surface area (TPSA) is 73.8 Å². The van der Waals surface area contributed by atoms with Crippen LogP contribution in [0.25, 0.3) is 11.8 Å². The smallest absolute Gasteiger partial charge is 0.283 e. The summed E-state index contributed by atoms with van der Waals surface area (Å²) in [6.45, 7) is 2.10. The van der Waals surface area contributed by atoms with E-state index in [2.05, 4.69) is 17.0 Å². The molecule has 2 aliphatic rings. The Morgan fingerprint density at radius 2 is 2.14 bits per heavy atom. The number of amidine groups is 2. The number of rotatable bonds is 5. The second kappa shape index (κ2) is 7.55. The van der Waals surface area contributed by atoms with Crippen molar-refractivity contribution in [3.8, 4) is 5.69 Å². The molecule has 1 N–H and O–H groups in total. The summed E-state index contributed by atoms with van der Waals surface area (Å²) < 4.78 is 15.3. The molecule has 1 amide bonds. The van der Waals surface area contributed by atoms with Gasteiger partial charge in [-0.2, -0.15) is 15.1 Å². The summed E-state index contributed by atoms with van der Waals surface area (Å²) in [6, 6.07) is 9.79. The van der Waals surface area contributed by atoms with Gasteiger partial charge in [0.25, 0.3) is 5.91 Å². The van der Waals surface area contributed by atoms with Crippen molar-refractivity contribution in [1.82, 2.24) is 9.58 Å². The maximum Gasteiger partial charge on any atom is 0.283 e. The molecule has 0 atom stereocenters. The summed E-state index contributed by atoms with van der Waals surface area (Å²) in [5.74, 6) is -0.813. The lowest BCUT2D eigenvalue weighted by atomic mass is 10.1. The number of hydrogen-bond donors (Lipinski definition) is 1. The van der Waals surface area contributed by atoms with Crippen molar-refractivity contribution in [3.05, 3.63) is 59.7 Å². The Bertz CT molecular complexity index is 1050. The number of halogens is 1. The van der Waals surface area contributed by atoms with Gasteiger partial charge in [0.15, 0.2) is 5.84 Å². The van der Waals surface area contributed by atoms with Gasteiger partial charge in [-0.3, -0.25) is 10.2 Å². The second-order valence-electron chi connectivity index (χ2n) is 6.40. The number of carbonyl (C=O) groups excluding carboxylic acids is 1. The van der Waals surface area contributed by atoms with Gasteiger partial charge in [0, 0.05) is 17.6 Å². The first-order valence-electron chi connectivity index (χ1n) is 8.99. The molecule has 0 saturated heterocycles. The molecule has 0 aliphatic carbocycles. The van der Waals surface area contributed by atoms with Gasteiger partial charge in [0.05, 0.1) is 5.57 Å². The normalized spacial score (nSPS) is 17.8. The van der Waals surface area contributed by atoms with Gasteiger partial charge in [-0.1, -0.05) is 19.4 Å². The van der Waals surface area contributed by atoms with E-state index in [9.17, 15) is 9.18 Å². The highest BCUT2D eigenvalue weighted by Crippen LogP contribution is 2.30. The van der Waals surface area contributed by atoms with Crippen molar-refractivity contribution in [2.24, 2.45) is 10.1 Å². The highest BCUT2D eigenvalue weighted by molar-refractivity contribution is 8.26. The van der Waals surface area contributed by atoms with E-state index in [0.29, 0.717) is 16.5 Å². The number of benzene rings is 1. The lowest BCUT2D eigenvalue weighted by molar-refractivity contribution is -0.114. The molecular weight excluding hydrogens is 377 g/mol. The summed E-state index contributed by atoms with van der Waals surface area (Å²) in [5, 5.41) is 15.6. The molecule has 1 aromatic carbocycles. The molecule has 0 fully saturated rings. The number of carbonyl (C=O) groups is 1. The fraction of sp³-hybridized carbons (Fsp3) is 0.200. The van der Waals surface area contributed by atoms with Gasteiger partial charge in [0.2, 0.25) is 5.17 Å². The summed E-state index contributed by atoms with van der Waals surface area (Å²) in [6.07, 6.45) is 6.22. The molecule has 142 valence electrons. The first-order chi connectivity index (χ1) is 13.6. The minimum absolute atomic E-state index is 0.000917. The number of nitrogens with one attached hydrogen (secondary N) is 1. The largest absolute Gasteiger partial charge is 0.317 e. The van der Waals surface area contributed by atoms with Gasteiger partial charge in [-0.15, -0.1) is 0 Å². The first kappa shape index (κ1) is 18.4. The minimum Gasteiger partial charge on any atom is -0.317 e. The van der Waals surface area contributed by atoms with Crippen LogP contribution in [-0.2, 0) is 4.79 Å². The van der Waals surface area contributed by atoms with Crippen LogP contribution in [-0.4, -0.2) is 31.5 Å². The van der Waals surface area contributed by atoms with E-state index in [1.54, 1.807) is 41.1 Å². The number of fused-ring (bicyclic) bond motifs is 1. The monoisotopic (exact) mass is 395 g/mol. The van der Waals surface area contributed by atoms with Crippen molar-refractivity contribution in [2.75, 3.05) is 0 Å². The van der Waals surface area contributed by atoms with Crippen LogP contribution in [0, 0.1) is 11.2 Å². The summed E-state index contributed by atoms with van der Waals surface area (Å²) in [4.78, 5) is 16.6. The van der Waals surface area contributed by atoms with Gasteiger partial charge in [-0.25, -0.2) is 4.39 Å². The van der Waals surface area contributed by atoms with Crippen molar-refractivity contribution >= 4 is 39.8 Å². The van der Waals surface area contributed by atoms with Crippen LogP contribution in [0.15, 0.2) is 58.3 Å². The molecule has 1 aromatic heterocycles. The maximum atomic E-state index is 13.6. The first-order valence-corrected chi connectivity index (χ1v) is 9.81. The van der Waals surface area contributed by atoms with Crippen molar-refractivity contribution in [1.29, 1.82) is 5.41 Å². The average Bonchev–Trinajstić information content (AvgIpc) is 3.30. The molecular formula is C20H18FN5OS. The number of amides is 1. The van der Waals surface area contributed by atoms with Crippen LogP contribution in [0.5, 0.6) is 0 Å². The van der Waals surface area contributed by atoms with Crippen LogP contribution >= 0.6 is 11.8 Å². The zero-order chi connectivity index (χ0) is 19.7. The quantitative estimate of drug-likeness (QED) is 0.762. The fourth-order valence-corrected chi connectivity index (χ4v) is 3.91. The van der Waals surface area contributed by atoms with Crippen molar-refractivity contribution in [2.45, 2.75) is 26.2 Å². The standard InChI is InChI=1S/C20H18FN5OS/c1-2-3-9-17-24-26-18(22)16(19(27)23-20(26)28-17)12-15-8-5-10-25(15)14-7-4-6-13(21)11-14/h4-8,10-12,22H,2-3,9H2,1H3/b16-12+,22-18?. The predicted molar refractivity (Wildman–Crippen MR) is 110 cm³/mol. The lowest BCUT2D eigenvalue weighted by Gasteiger charge is -2.20. The molecule has 0 saturated carbocycles. The maximum absolute atomic E-state index is 13.6. The number of nitrogens with zero attached hydrogens (tertiary/aromatic N) is 4. The molecule has 3 heterocycles. The Balaban J connectivity index is 1.67. The van der Waals surface area contributed by atoms with Crippen LogP contribution in [0.4, 0.5) is 4.39 Å². The average molecular weight is 395 g/mol. The number of unbranched alkanes of at least 4 members (excludes halogenated alkanes) is 1. The van der Waals surface area contributed by atoms with Gasteiger partial charge < -0.3 is 4.57 Å². The molecule has 6 nitrogen and oxygen atoms in total. The van der Waals surface area contributed by atoms with Gasteiger partial charge >= 0.3 is 0 Å². The number of hydrogen-bond acceptors (Lipinski definition) is 4. The highest BCUT2D eigenvalue weighted by atomic mass is 32.2. The third kappa shape index (κ3) is 3.43. The van der Waals surface area contributed by atoms with Crippen LogP contribution in [0.1, 0.15) is 31.9 Å². The number of hydrazone groups is 1. The Morgan fingerprint density at radius 1 is 1.29 bits per heavy atom. The van der Waals surface area contributed by atoms with Gasteiger partial charge in [0.1, 0.15) is 10.9 Å². The predicted octanol–water partition coefficient (Wildman–Crippen LogP) is 4.43. The Labute approximate surface area is 166 Å². The summed E-state index contributed by atoms with van der Waals surface area (Å²) in [7, 11) is 0. The van der Waals surface area contributed by atoms with E-state index in [4.69, 9.17) is 5.41 Å². The lowest BCUT2D eigenvalue weighted by Crippen LogP contribution is -2.35. The van der Waals surface area contributed by atoms with E-state index in [1.807, 2.05) is 0 Å². The van der Waals surface area contributed by atoms with Crippen molar-refractivity contribution in [3.63, 3.8) is 0 Å². The summed E-state index contributed by atoms with van der Waals surface area (Å²) >= 11 is 1.34. The molecule has 4 rings (SSSR count). The molecule has 0 spiro atoms.